The minimum absolute atomic E-state index is 0.0842. The van der Waals surface area contributed by atoms with E-state index in [0.717, 1.165) is 51.4 Å². The highest BCUT2D eigenvalue weighted by atomic mass is 16.7. The zero-order valence-corrected chi connectivity index (χ0v) is 41.3. The Morgan fingerprint density at radius 1 is 0.471 bits per heavy atom. The van der Waals surface area contributed by atoms with Crippen molar-refractivity contribution in [2.45, 2.75) is 235 Å². The molecule has 4 unspecified atom stereocenters. The van der Waals surface area contributed by atoms with Gasteiger partial charge in [-0.05, 0) is 77.0 Å². The van der Waals surface area contributed by atoms with Gasteiger partial charge in [-0.2, -0.15) is 0 Å². The molecule has 0 bridgehead atoms. The summed E-state index contributed by atoms with van der Waals surface area (Å²) in [5.74, 6) is -1.01. The van der Waals surface area contributed by atoms with E-state index >= 15 is 0 Å². The average molecular weight is 967 g/mol. The molecule has 2 rings (SSSR count). The van der Waals surface area contributed by atoms with E-state index < -0.39 is 99.3 Å². The highest BCUT2D eigenvalue weighted by Gasteiger charge is 2.47. The summed E-state index contributed by atoms with van der Waals surface area (Å²) in [5, 5.41) is 72.1. The summed E-state index contributed by atoms with van der Waals surface area (Å²) < 4.78 is 33.5. The number of carbonyl (C=O) groups is 2. The lowest BCUT2D eigenvalue weighted by Crippen LogP contribution is -2.61. The maximum Gasteiger partial charge on any atom is 0.306 e. The molecule has 2 fully saturated rings. The molecule has 392 valence electrons. The molecule has 0 saturated carbocycles. The van der Waals surface area contributed by atoms with Crippen molar-refractivity contribution in [2.75, 3.05) is 26.4 Å². The van der Waals surface area contributed by atoms with Crippen molar-refractivity contribution in [3.8, 4) is 0 Å². The second-order valence-corrected chi connectivity index (χ2v) is 18.0. The van der Waals surface area contributed by atoms with Gasteiger partial charge in [0.05, 0.1) is 19.8 Å². The molecule has 0 aromatic rings. The molecule has 15 nitrogen and oxygen atoms in total. The number of hydrogen-bond acceptors (Lipinski definition) is 15. The Morgan fingerprint density at radius 2 is 0.897 bits per heavy atom. The molecule has 0 spiro atoms. The smallest absolute Gasteiger partial charge is 0.306 e. The first-order valence-corrected chi connectivity index (χ1v) is 25.9. The Bertz CT molecular complexity index is 1420. The number of aliphatic hydroxyl groups excluding tert-OH is 7. The second kappa shape index (κ2) is 39.9. The second-order valence-electron chi connectivity index (χ2n) is 18.0. The van der Waals surface area contributed by atoms with Crippen LogP contribution in [0, 0.1) is 0 Å². The summed E-state index contributed by atoms with van der Waals surface area (Å²) in [6, 6.07) is 0. The molecule has 68 heavy (non-hydrogen) atoms. The highest BCUT2D eigenvalue weighted by Crippen LogP contribution is 2.26. The highest BCUT2D eigenvalue weighted by molar-refractivity contribution is 5.70. The third-order valence-electron chi connectivity index (χ3n) is 12.0. The first-order chi connectivity index (χ1) is 33.0. The Kier molecular flexibility index (Phi) is 36.0. The van der Waals surface area contributed by atoms with Gasteiger partial charge >= 0.3 is 11.9 Å². The van der Waals surface area contributed by atoms with E-state index in [1.165, 1.54) is 70.6 Å². The standard InChI is InChI=1S/C53H90O15/c1-3-5-7-9-11-13-15-17-19-20-22-24-26-28-30-32-34-36-45(56)66-41(38-63-44(55)35-33-31-29-27-25-23-21-18-16-14-12-10-8-6-4-2)39-64-52-51(62)49(60)47(58)43(68-52)40-65-53-50(61)48(59)46(57)42(37-54)67-53/h11,13,17,19,22-25,28,30,41-43,46-54,57-62H,3-10,12,14-16,18,20-21,26-27,29,31-40H2,1-2H3/b13-11+,19-17+,24-22+,25-23+,30-28+/t41-,42+,43+,46-,47-,48?,49?,50?,51?,52+,53+/m1/s1. The lowest BCUT2D eigenvalue weighted by atomic mass is 9.98. The molecule has 0 aromatic carbocycles. The predicted molar refractivity (Wildman–Crippen MR) is 261 cm³/mol. The van der Waals surface area contributed by atoms with Crippen molar-refractivity contribution in [3.05, 3.63) is 60.8 Å². The average Bonchev–Trinajstić information content (AvgIpc) is 3.33. The summed E-state index contributed by atoms with van der Waals surface area (Å²) in [6.07, 6.45) is 28.3. The van der Waals surface area contributed by atoms with Crippen LogP contribution in [0.5, 0.6) is 0 Å². The van der Waals surface area contributed by atoms with E-state index in [9.17, 15) is 45.3 Å². The van der Waals surface area contributed by atoms with Gasteiger partial charge in [0.25, 0.3) is 0 Å². The van der Waals surface area contributed by atoms with Gasteiger partial charge in [0.2, 0.25) is 0 Å². The van der Waals surface area contributed by atoms with Crippen LogP contribution in [-0.2, 0) is 38.0 Å². The van der Waals surface area contributed by atoms with E-state index in [2.05, 4.69) is 62.5 Å². The van der Waals surface area contributed by atoms with Crippen LogP contribution in [0.2, 0.25) is 0 Å². The van der Waals surface area contributed by atoms with Crippen molar-refractivity contribution in [2.24, 2.45) is 0 Å². The van der Waals surface area contributed by atoms with Gasteiger partial charge in [0.15, 0.2) is 18.7 Å². The molecule has 7 N–H and O–H groups in total. The first-order valence-electron chi connectivity index (χ1n) is 25.9. The van der Waals surface area contributed by atoms with Gasteiger partial charge in [-0.15, -0.1) is 0 Å². The van der Waals surface area contributed by atoms with Gasteiger partial charge in [0, 0.05) is 12.8 Å². The van der Waals surface area contributed by atoms with Gasteiger partial charge in [-0.1, -0.05) is 139 Å². The van der Waals surface area contributed by atoms with Crippen LogP contribution in [0.3, 0.4) is 0 Å². The fraction of sp³-hybridized carbons (Fsp3) is 0.774. The first kappa shape index (κ1) is 61.3. The van der Waals surface area contributed by atoms with E-state index in [4.69, 9.17) is 28.4 Å². The van der Waals surface area contributed by atoms with Crippen LogP contribution >= 0.6 is 0 Å². The summed E-state index contributed by atoms with van der Waals surface area (Å²) in [5.41, 5.74) is 0. The van der Waals surface area contributed by atoms with Crippen LogP contribution in [-0.4, -0.2) is 142 Å². The van der Waals surface area contributed by atoms with E-state index in [1.807, 2.05) is 12.2 Å². The number of hydrogen-bond donors (Lipinski definition) is 7. The number of aliphatic hydroxyl groups is 7. The Labute approximate surface area is 407 Å². The maximum absolute atomic E-state index is 13.0. The zero-order valence-electron chi connectivity index (χ0n) is 41.3. The van der Waals surface area contributed by atoms with E-state index in [-0.39, 0.29) is 19.4 Å². The van der Waals surface area contributed by atoms with Crippen molar-refractivity contribution in [3.63, 3.8) is 0 Å². The molecule has 0 aromatic heterocycles. The number of unbranched alkanes of at least 4 members (excludes halogenated alkanes) is 15. The quantitative estimate of drug-likeness (QED) is 0.0183. The van der Waals surface area contributed by atoms with Crippen molar-refractivity contribution < 1.29 is 73.8 Å². The van der Waals surface area contributed by atoms with Crippen LogP contribution in [0.15, 0.2) is 60.8 Å². The van der Waals surface area contributed by atoms with Gasteiger partial charge in [0.1, 0.15) is 55.4 Å². The SMILES string of the molecule is CCCCC/C=C/C/C=C/C/C=C/C/C=C/CCCC(=O)O[C@H](COC(=O)CCCCC/C=C/CCCCCCCCCC)CO[C@H]1O[C@@H](CO[C@H]2O[C@@H](CO)[C@@H](O)C(O)C2O)[C@@H](O)C(O)C1O. The predicted octanol–water partition coefficient (Wildman–Crippen LogP) is 7.27. The lowest BCUT2D eigenvalue weighted by Gasteiger charge is -2.42. The molecule has 0 amide bonds. The molecular formula is C53H90O15. The van der Waals surface area contributed by atoms with Crippen LogP contribution < -0.4 is 0 Å². The summed E-state index contributed by atoms with van der Waals surface area (Å²) in [6.45, 7) is 2.48. The monoisotopic (exact) mass is 967 g/mol. The minimum Gasteiger partial charge on any atom is -0.462 e. The number of rotatable bonds is 39. The zero-order chi connectivity index (χ0) is 49.6. The fourth-order valence-corrected chi connectivity index (χ4v) is 7.67. The Morgan fingerprint density at radius 3 is 1.47 bits per heavy atom. The normalized spacial score (nSPS) is 26.2. The lowest BCUT2D eigenvalue weighted by molar-refractivity contribution is -0.332. The van der Waals surface area contributed by atoms with Gasteiger partial charge in [-0.25, -0.2) is 0 Å². The van der Waals surface area contributed by atoms with Crippen LogP contribution in [0.1, 0.15) is 168 Å². The van der Waals surface area contributed by atoms with Crippen molar-refractivity contribution in [1.82, 2.24) is 0 Å². The molecule has 0 radical (unpaired) electrons. The number of ether oxygens (including phenoxy) is 6. The van der Waals surface area contributed by atoms with E-state index in [1.54, 1.807) is 0 Å². The maximum atomic E-state index is 13.0. The molecule has 2 saturated heterocycles. The molecule has 11 atom stereocenters. The molecule has 2 aliphatic heterocycles. The van der Waals surface area contributed by atoms with Gasteiger partial charge in [-0.3, -0.25) is 9.59 Å². The van der Waals surface area contributed by atoms with Gasteiger partial charge < -0.3 is 64.2 Å². The van der Waals surface area contributed by atoms with E-state index in [0.29, 0.717) is 19.3 Å². The van der Waals surface area contributed by atoms with Crippen molar-refractivity contribution in [1.29, 1.82) is 0 Å². The minimum atomic E-state index is -1.78. The summed E-state index contributed by atoms with van der Waals surface area (Å²) in [7, 11) is 0. The Hall–Kier alpha value is -2.80. The largest absolute Gasteiger partial charge is 0.462 e. The molecule has 0 aliphatic carbocycles. The Balaban J connectivity index is 1.85. The molecule has 2 heterocycles. The third kappa shape index (κ3) is 27.6. The fourth-order valence-electron chi connectivity index (χ4n) is 7.67. The molecular weight excluding hydrogens is 877 g/mol. The van der Waals surface area contributed by atoms with Crippen LogP contribution in [0.4, 0.5) is 0 Å². The number of allylic oxidation sites excluding steroid dienone is 10. The molecule has 15 heteroatoms. The molecule has 2 aliphatic rings. The topological polar surface area (TPSA) is 231 Å². The number of esters is 2. The number of carbonyl (C=O) groups excluding carboxylic acids is 2. The third-order valence-corrected chi connectivity index (χ3v) is 12.0. The summed E-state index contributed by atoms with van der Waals surface area (Å²) >= 11 is 0. The van der Waals surface area contributed by atoms with Crippen LogP contribution in [0.25, 0.3) is 0 Å². The van der Waals surface area contributed by atoms with Crippen molar-refractivity contribution >= 4 is 11.9 Å². The summed E-state index contributed by atoms with van der Waals surface area (Å²) in [4.78, 5) is 25.7.